The van der Waals surface area contributed by atoms with E-state index in [0.717, 1.165) is 12.6 Å². The maximum atomic E-state index is 11.3. The van der Waals surface area contributed by atoms with Crippen LogP contribution in [-0.2, 0) is 9.59 Å². The predicted molar refractivity (Wildman–Crippen MR) is 44.9 cm³/mol. The predicted octanol–water partition coefficient (Wildman–Crippen LogP) is 0.533. The molecule has 3 nitrogen and oxygen atoms in total. The lowest BCUT2D eigenvalue weighted by atomic mass is 10.2. The molecular formula is C7H12NO2P. The molecule has 1 rings (SSSR count). The van der Waals surface area contributed by atoms with Gasteiger partial charge in [-0.05, 0) is 27.2 Å². The molecule has 0 radical (unpaired) electrons. The second kappa shape index (κ2) is 3.31. The number of nitrogens with one attached hydrogen (secondary N) is 1. The summed E-state index contributed by atoms with van der Waals surface area (Å²) in [6.45, 7) is 3.42. The van der Waals surface area contributed by atoms with Gasteiger partial charge in [-0.3, -0.25) is 9.59 Å². The van der Waals surface area contributed by atoms with Crippen molar-refractivity contribution in [2.45, 2.75) is 19.4 Å². The Hall–Kier alpha value is -0.430. The lowest BCUT2D eigenvalue weighted by Crippen LogP contribution is -2.35. The van der Waals surface area contributed by atoms with Gasteiger partial charge in [-0.25, -0.2) is 0 Å². The molecule has 4 heteroatoms. The van der Waals surface area contributed by atoms with Crippen molar-refractivity contribution in [3.8, 4) is 0 Å². The van der Waals surface area contributed by atoms with Crippen molar-refractivity contribution in [2.24, 2.45) is 0 Å². The average Bonchev–Trinajstić information content (AvgIpc) is 2.18. The highest BCUT2D eigenvalue weighted by atomic mass is 31.1. The standard InChI is InChI=1S/C7H12NO2P/c1-5(9)8-6-3-4-11(2)7(6)10/h6H,3-4H2,1-2H3,(H,8,9). The second-order valence-electron chi connectivity index (χ2n) is 2.80. The highest BCUT2D eigenvalue weighted by molar-refractivity contribution is 7.74. The van der Waals surface area contributed by atoms with Gasteiger partial charge < -0.3 is 5.32 Å². The first-order valence-electron chi connectivity index (χ1n) is 3.63. The van der Waals surface area contributed by atoms with Crippen LogP contribution in [0.25, 0.3) is 0 Å². The van der Waals surface area contributed by atoms with Crippen LogP contribution in [0.4, 0.5) is 0 Å². The second-order valence-corrected chi connectivity index (χ2v) is 5.09. The zero-order valence-corrected chi connectivity index (χ0v) is 7.65. The maximum absolute atomic E-state index is 11.3. The zero-order chi connectivity index (χ0) is 8.43. The van der Waals surface area contributed by atoms with E-state index in [1.54, 1.807) is 0 Å². The Balaban J connectivity index is 2.49. The van der Waals surface area contributed by atoms with E-state index in [2.05, 4.69) is 5.32 Å². The molecule has 2 atom stereocenters. The van der Waals surface area contributed by atoms with Gasteiger partial charge in [-0.15, -0.1) is 0 Å². The average molecular weight is 173 g/mol. The first-order valence-corrected chi connectivity index (χ1v) is 5.60. The highest BCUT2D eigenvalue weighted by Crippen LogP contribution is 2.40. The Morgan fingerprint density at radius 1 is 1.73 bits per heavy atom. The Morgan fingerprint density at radius 2 is 2.36 bits per heavy atom. The molecule has 0 bridgehead atoms. The van der Waals surface area contributed by atoms with Crippen LogP contribution in [0.3, 0.4) is 0 Å². The van der Waals surface area contributed by atoms with Gasteiger partial charge >= 0.3 is 0 Å². The Morgan fingerprint density at radius 3 is 2.73 bits per heavy atom. The van der Waals surface area contributed by atoms with Crippen LogP contribution in [-0.4, -0.2) is 30.3 Å². The number of hydrogen-bond acceptors (Lipinski definition) is 2. The van der Waals surface area contributed by atoms with Crippen molar-refractivity contribution in [3.63, 3.8) is 0 Å². The van der Waals surface area contributed by atoms with Crippen molar-refractivity contribution >= 4 is 19.4 Å². The molecule has 1 heterocycles. The fourth-order valence-electron chi connectivity index (χ4n) is 1.20. The molecule has 0 spiro atoms. The summed E-state index contributed by atoms with van der Waals surface area (Å²) < 4.78 is 0. The van der Waals surface area contributed by atoms with Gasteiger partial charge in [0.2, 0.25) is 5.91 Å². The fourth-order valence-corrected chi connectivity index (χ4v) is 2.79. The molecule has 1 saturated heterocycles. The third kappa shape index (κ3) is 2.00. The third-order valence-corrected chi connectivity index (χ3v) is 3.80. The lowest BCUT2D eigenvalue weighted by molar-refractivity contribution is -0.122. The van der Waals surface area contributed by atoms with Crippen LogP contribution in [0.15, 0.2) is 0 Å². The highest BCUT2D eigenvalue weighted by Gasteiger charge is 2.30. The smallest absolute Gasteiger partial charge is 0.217 e. The molecule has 2 unspecified atom stereocenters. The summed E-state index contributed by atoms with van der Waals surface area (Å²) in [6, 6.07) is -0.177. The van der Waals surface area contributed by atoms with Gasteiger partial charge in [-0.2, -0.15) is 0 Å². The van der Waals surface area contributed by atoms with Gasteiger partial charge in [0, 0.05) is 6.92 Å². The number of hydrogen-bond donors (Lipinski definition) is 1. The van der Waals surface area contributed by atoms with Crippen molar-refractivity contribution < 1.29 is 9.59 Å². The summed E-state index contributed by atoms with van der Waals surface area (Å²) in [5.41, 5.74) is 0.246. The summed E-state index contributed by atoms with van der Waals surface area (Å²) in [4.78, 5) is 21.9. The largest absolute Gasteiger partial charge is 0.346 e. The SMILES string of the molecule is CC(=O)NC1CCP(C)C1=O. The van der Waals surface area contributed by atoms with Crippen molar-refractivity contribution in [1.29, 1.82) is 0 Å². The molecule has 1 aliphatic heterocycles. The van der Waals surface area contributed by atoms with Crippen LogP contribution in [0.1, 0.15) is 13.3 Å². The van der Waals surface area contributed by atoms with Crippen LogP contribution < -0.4 is 5.32 Å². The van der Waals surface area contributed by atoms with E-state index in [9.17, 15) is 9.59 Å². The molecule has 0 saturated carbocycles. The van der Waals surface area contributed by atoms with Crippen LogP contribution in [0, 0.1) is 0 Å². The molecule has 1 fully saturated rings. The summed E-state index contributed by atoms with van der Waals surface area (Å²) >= 11 is 0. The van der Waals surface area contributed by atoms with E-state index in [1.807, 2.05) is 6.66 Å². The normalized spacial score (nSPS) is 30.5. The monoisotopic (exact) mass is 173 g/mol. The zero-order valence-electron chi connectivity index (χ0n) is 6.76. The topological polar surface area (TPSA) is 46.2 Å². The first-order chi connectivity index (χ1) is 5.11. The van der Waals surface area contributed by atoms with Crippen molar-refractivity contribution in [3.05, 3.63) is 0 Å². The van der Waals surface area contributed by atoms with Crippen molar-refractivity contribution in [1.82, 2.24) is 5.32 Å². The van der Waals surface area contributed by atoms with Crippen LogP contribution >= 0.6 is 7.92 Å². The Bertz CT molecular complexity index is 193. The number of rotatable bonds is 1. The van der Waals surface area contributed by atoms with E-state index in [4.69, 9.17) is 0 Å². The van der Waals surface area contributed by atoms with Gasteiger partial charge in [0.15, 0.2) is 5.52 Å². The minimum atomic E-state index is -0.450. The van der Waals surface area contributed by atoms with Gasteiger partial charge in [0.05, 0.1) is 6.04 Å². The summed E-state index contributed by atoms with van der Waals surface area (Å²) in [5, 5.41) is 2.65. The third-order valence-electron chi connectivity index (χ3n) is 1.80. The number of carbonyl (C=O) groups excluding carboxylic acids is 2. The van der Waals surface area contributed by atoms with E-state index in [-0.39, 0.29) is 17.5 Å². The van der Waals surface area contributed by atoms with E-state index in [0.29, 0.717) is 0 Å². The van der Waals surface area contributed by atoms with Gasteiger partial charge in [0.25, 0.3) is 0 Å². The fraction of sp³-hybridized carbons (Fsp3) is 0.714. The Kier molecular flexibility index (Phi) is 2.61. The quantitative estimate of drug-likeness (QED) is 0.588. The molecule has 1 aliphatic rings. The van der Waals surface area contributed by atoms with E-state index in [1.165, 1.54) is 6.92 Å². The van der Waals surface area contributed by atoms with Gasteiger partial charge in [0.1, 0.15) is 0 Å². The van der Waals surface area contributed by atoms with Crippen molar-refractivity contribution in [2.75, 3.05) is 12.8 Å². The van der Waals surface area contributed by atoms with Gasteiger partial charge in [-0.1, -0.05) is 0 Å². The first kappa shape index (κ1) is 8.66. The molecule has 0 aromatic rings. The van der Waals surface area contributed by atoms with E-state index < -0.39 is 7.92 Å². The number of amides is 1. The van der Waals surface area contributed by atoms with E-state index >= 15 is 0 Å². The molecule has 0 aromatic heterocycles. The summed E-state index contributed by atoms with van der Waals surface area (Å²) in [7, 11) is -0.450. The minimum absolute atomic E-state index is 0.103. The number of carbonyl (C=O) groups is 2. The maximum Gasteiger partial charge on any atom is 0.217 e. The molecule has 11 heavy (non-hydrogen) atoms. The molecular weight excluding hydrogens is 161 g/mol. The molecule has 0 aliphatic carbocycles. The molecule has 1 N–H and O–H groups in total. The Labute approximate surface area is 67.3 Å². The van der Waals surface area contributed by atoms with Crippen LogP contribution in [0.5, 0.6) is 0 Å². The summed E-state index contributed by atoms with van der Waals surface area (Å²) in [5.74, 6) is -0.103. The van der Waals surface area contributed by atoms with Crippen LogP contribution in [0.2, 0.25) is 0 Å². The molecule has 62 valence electrons. The minimum Gasteiger partial charge on any atom is -0.346 e. The summed E-state index contributed by atoms with van der Waals surface area (Å²) in [6.07, 6.45) is 1.81. The lowest BCUT2D eigenvalue weighted by Gasteiger charge is -2.07. The molecule has 0 aromatic carbocycles. The molecule has 1 amide bonds.